The van der Waals surface area contributed by atoms with Gasteiger partial charge >= 0.3 is 5.97 Å². The summed E-state index contributed by atoms with van der Waals surface area (Å²) < 4.78 is 0. The van der Waals surface area contributed by atoms with E-state index in [9.17, 15) is 9.59 Å². The highest BCUT2D eigenvalue weighted by atomic mass is 35.5. The molecule has 0 spiro atoms. The van der Waals surface area contributed by atoms with Crippen LogP contribution in [0.5, 0.6) is 0 Å². The van der Waals surface area contributed by atoms with Gasteiger partial charge in [-0.2, -0.15) is 0 Å². The zero-order valence-electron chi connectivity index (χ0n) is 10.6. The Hall–Kier alpha value is -1.55. The number of benzene rings is 1. The van der Waals surface area contributed by atoms with Gasteiger partial charge in [-0.3, -0.25) is 4.79 Å². The number of para-hydroxylation sites is 1. The molecule has 1 aromatic carbocycles. The molecule has 1 saturated carbocycles. The molecule has 4 nitrogen and oxygen atoms in total. The molecule has 0 radical (unpaired) electrons. The number of aromatic carboxylic acids is 1. The molecule has 2 atom stereocenters. The van der Waals surface area contributed by atoms with Crippen LogP contribution in [0.1, 0.15) is 36.5 Å². The summed E-state index contributed by atoms with van der Waals surface area (Å²) in [6.45, 7) is 2.04. The highest BCUT2D eigenvalue weighted by Crippen LogP contribution is 2.33. The first-order valence-corrected chi connectivity index (χ1v) is 6.71. The van der Waals surface area contributed by atoms with E-state index in [1.54, 1.807) is 12.1 Å². The zero-order chi connectivity index (χ0) is 14.0. The van der Waals surface area contributed by atoms with Crippen LogP contribution in [0.4, 0.5) is 5.69 Å². The number of carbonyl (C=O) groups excluding carboxylic acids is 1. The Morgan fingerprint density at radius 1 is 1.37 bits per heavy atom. The second-order valence-electron chi connectivity index (χ2n) is 4.97. The van der Waals surface area contributed by atoms with Gasteiger partial charge < -0.3 is 10.4 Å². The highest BCUT2D eigenvalue weighted by Gasteiger charge is 2.30. The van der Waals surface area contributed by atoms with E-state index >= 15 is 0 Å². The lowest BCUT2D eigenvalue weighted by molar-refractivity contribution is -0.120. The molecule has 102 valence electrons. The van der Waals surface area contributed by atoms with E-state index in [0.29, 0.717) is 5.92 Å². The van der Waals surface area contributed by atoms with Crippen molar-refractivity contribution in [3.05, 3.63) is 28.8 Å². The molecule has 2 rings (SSSR count). The highest BCUT2D eigenvalue weighted by molar-refractivity contribution is 6.34. The van der Waals surface area contributed by atoms with Crippen LogP contribution >= 0.6 is 11.6 Å². The molecule has 0 aromatic heterocycles. The third kappa shape index (κ3) is 2.89. The number of nitrogens with one attached hydrogen (secondary N) is 1. The summed E-state index contributed by atoms with van der Waals surface area (Å²) in [7, 11) is 0. The van der Waals surface area contributed by atoms with E-state index in [1.807, 2.05) is 6.92 Å². The topological polar surface area (TPSA) is 66.4 Å². The monoisotopic (exact) mass is 281 g/mol. The van der Waals surface area contributed by atoms with Crippen LogP contribution in [0.3, 0.4) is 0 Å². The van der Waals surface area contributed by atoms with Crippen molar-refractivity contribution in [1.29, 1.82) is 0 Å². The first-order valence-electron chi connectivity index (χ1n) is 6.33. The van der Waals surface area contributed by atoms with Crippen molar-refractivity contribution >= 4 is 29.2 Å². The maximum absolute atomic E-state index is 12.2. The minimum absolute atomic E-state index is 0.0199. The van der Waals surface area contributed by atoms with Crippen LogP contribution < -0.4 is 5.32 Å². The first-order chi connectivity index (χ1) is 9.00. The average molecular weight is 282 g/mol. The van der Waals surface area contributed by atoms with Crippen molar-refractivity contribution in [2.24, 2.45) is 11.8 Å². The molecule has 1 aliphatic carbocycles. The molecule has 2 N–H and O–H groups in total. The molecule has 0 aliphatic heterocycles. The molecule has 0 bridgehead atoms. The van der Waals surface area contributed by atoms with Crippen molar-refractivity contribution in [3.63, 3.8) is 0 Å². The summed E-state index contributed by atoms with van der Waals surface area (Å²) in [5.74, 6) is -0.966. The fraction of sp³-hybridized carbons (Fsp3) is 0.429. The van der Waals surface area contributed by atoms with Crippen molar-refractivity contribution in [2.45, 2.75) is 26.2 Å². The van der Waals surface area contributed by atoms with Gasteiger partial charge in [0.1, 0.15) is 0 Å². The molecule has 19 heavy (non-hydrogen) atoms. The molecule has 0 heterocycles. The van der Waals surface area contributed by atoms with Gasteiger partial charge in [0.05, 0.1) is 16.3 Å². The van der Waals surface area contributed by atoms with E-state index in [1.165, 1.54) is 6.07 Å². The summed E-state index contributed by atoms with van der Waals surface area (Å²) in [5, 5.41) is 12.0. The number of carboxylic acids is 1. The van der Waals surface area contributed by atoms with Crippen molar-refractivity contribution in [1.82, 2.24) is 0 Å². The molecule has 0 saturated heterocycles. The molecular weight excluding hydrogens is 266 g/mol. The molecule has 2 unspecified atom stereocenters. The van der Waals surface area contributed by atoms with E-state index in [2.05, 4.69) is 5.32 Å². The Balaban J connectivity index is 2.23. The van der Waals surface area contributed by atoms with E-state index < -0.39 is 5.97 Å². The SMILES string of the molecule is CC1CCCC1C(=O)Nc1c(Cl)cccc1C(=O)O. The first kappa shape index (κ1) is 13.9. The number of hydrogen-bond acceptors (Lipinski definition) is 2. The van der Waals surface area contributed by atoms with Crippen molar-refractivity contribution in [2.75, 3.05) is 5.32 Å². The largest absolute Gasteiger partial charge is 0.478 e. The van der Waals surface area contributed by atoms with Gasteiger partial charge in [-0.25, -0.2) is 4.79 Å². The Morgan fingerprint density at radius 2 is 2.11 bits per heavy atom. The predicted molar refractivity (Wildman–Crippen MR) is 73.5 cm³/mol. The minimum atomic E-state index is -1.10. The maximum atomic E-state index is 12.2. The van der Waals surface area contributed by atoms with Crippen molar-refractivity contribution < 1.29 is 14.7 Å². The molecule has 1 amide bonds. The average Bonchev–Trinajstić information content (AvgIpc) is 2.77. The van der Waals surface area contributed by atoms with Gasteiger partial charge in [0.25, 0.3) is 0 Å². The molecule has 1 aromatic rings. The number of halogens is 1. The smallest absolute Gasteiger partial charge is 0.337 e. The summed E-state index contributed by atoms with van der Waals surface area (Å²) in [6, 6.07) is 4.56. The third-order valence-electron chi connectivity index (χ3n) is 3.69. The molecule has 1 fully saturated rings. The fourth-order valence-corrected chi connectivity index (χ4v) is 2.80. The zero-order valence-corrected chi connectivity index (χ0v) is 11.4. The van der Waals surface area contributed by atoms with Crippen LogP contribution in [0.25, 0.3) is 0 Å². The number of amides is 1. The molecular formula is C14H16ClNO3. The van der Waals surface area contributed by atoms with E-state index in [0.717, 1.165) is 19.3 Å². The summed E-state index contributed by atoms with van der Waals surface area (Å²) in [4.78, 5) is 23.3. The second-order valence-corrected chi connectivity index (χ2v) is 5.38. The van der Waals surface area contributed by atoms with Crippen molar-refractivity contribution in [3.8, 4) is 0 Å². The number of hydrogen-bond donors (Lipinski definition) is 2. The fourth-order valence-electron chi connectivity index (χ4n) is 2.58. The quantitative estimate of drug-likeness (QED) is 0.892. The predicted octanol–water partition coefficient (Wildman–Crippen LogP) is 3.41. The van der Waals surface area contributed by atoms with Gasteiger partial charge in [-0.1, -0.05) is 31.0 Å². The number of carbonyl (C=O) groups is 2. The third-order valence-corrected chi connectivity index (χ3v) is 4.01. The van der Waals surface area contributed by atoms with Crippen LogP contribution in [-0.4, -0.2) is 17.0 Å². The number of carboxylic acid groups (broad SMARTS) is 1. The van der Waals surface area contributed by atoms with E-state index in [-0.39, 0.29) is 28.1 Å². The number of rotatable bonds is 3. The van der Waals surface area contributed by atoms with Crippen LogP contribution in [0, 0.1) is 11.8 Å². The van der Waals surface area contributed by atoms with E-state index in [4.69, 9.17) is 16.7 Å². The lowest BCUT2D eigenvalue weighted by Gasteiger charge is -2.17. The minimum Gasteiger partial charge on any atom is -0.478 e. The van der Waals surface area contributed by atoms with Crippen LogP contribution in [0.2, 0.25) is 5.02 Å². The maximum Gasteiger partial charge on any atom is 0.337 e. The van der Waals surface area contributed by atoms with Gasteiger partial charge in [0, 0.05) is 5.92 Å². The summed E-state index contributed by atoms with van der Waals surface area (Å²) in [6.07, 6.45) is 2.92. The van der Waals surface area contributed by atoms with Gasteiger partial charge in [-0.05, 0) is 30.9 Å². The lowest BCUT2D eigenvalue weighted by atomic mass is 9.97. The standard InChI is InChI=1S/C14H16ClNO3/c1-8-4-2-5-9(8)13(17)16-12-10(14(18)19)6-3-7-11(12)15/h3,6-9H,2,4-5H2,1H3,(H,16,17)(H,18,19). The molecule has 1 aliphatic rings. The Labute approximate surface area is 116 Å². The Kier molecular flexibility index (Phi) is 4.10. The Morgan fingerprint density at radius 3 is 2.68 bits per heavy atom. The van der Waals surface area contributed by atoms with Gasteiger partial charge in [0.15, 0.2) is 0 Å². The summed E-state index contributed by atoms with van der Waals surface area (Å²) >= 11 is 5.98. The van der Waals surface area contributed by atoms with Gasteiger partial charge in [0.2, 0.25) is 5.91 Å². The lowest BCUT2D eigenvalue weighted by Crippen LogP contribution is -2.25. The molecule has 5 heteroatoms. The normalized spacial score (nSPS) is 22.2. The van der Waals surface area contributed by atoms with Crippen LogP contribution in [-0.2, 0) is 4.79 Å². The van der Waals surface area contributed by atoms with Gasteiger partial charge in [-0.15, -0.1) is 0 Å². The summed E-state index contributed by atoms with van der Waals surface area (Å²) in [5.41, 5.74) is 0.215. The number of anilines is 1. The Bertz CT molecular complexity index is 515. The van der Waals surface area contributed by atoms with Crippen LogP contribution in [0.15, 0.2) is 18.2 Å². The second kappa shape index (κ2) is 5.61.